The highest BCUT2D eigenvalue weighted by Crippen LogP contribution is 2.33. The van der Waals surface area contributed by atoms with Gasteiger partial charge in [-0.1, -0.05) is 0 Å². The summed E-state index contributed by atoms with van der Waals surface area (Å²) in [5, 5.41) is 0. The lowest BCUT2D eigenvalue weighted by atomic mass is 9.98. The van der Waals surface area contributed by atoms with Crippen molar-refractivity contribution in [2.75, 3.05) is 11.5 Å². The summed E-state index contributed by atoms with van der Waals surface area (Å²) < 4.78 is 0. The van der Waals surface area contributed by atoms with Gasteiger partial charge in [0.25, 0.3) is 0 Å². The predicted molar refractivity (Wildman–Crippen MR) is 91.6 cm³/mol. The van der Waals surface area contributed by atoms with E-state index in [0.717, 1.165) is 16.8 Å². The van der Waals surface area contributed by atoms with E-state index in [-0.39, 0.29) is 18.2 Å². The fraction of sp³-hybridized carbons (Fsp3) is 0.250. The molecule has 4 nitrogen and oxygen atoms in total. The molecule has 112 valence electrons. The van der Waals surface area contributed by atoms with Crippen LogP contribution in [-0.2, 0) is 4.79 Å². The van der Waals surface area contributed by atoms with E-state index in [1.165, 1.54) is 0 Å². The maximum absolute atomic E-state index is 11.7. The zero-order chi connectivity index (χ0) is 15.0. The second-order valence-corrected chi connectivity index (χ2v) is 5.19. The zero-order valence-corrected chi connectivity index (χ0v) is 13.5. The Hall–Kier alpha value is -2.07. The molecule has 0 fully saturated rings. The van der Waals surface area contributed by atoms with Gasteiger partial charge < -0.3 is 11.5 Å². The van der Waals surface area contributed by atoms with Gasteiger partial charge >= 0.3 is 0 Å². The monoisotopic (exact) mass is 305 g/mol. The third-order valence-electron chi connectivity index (χ3n) is 3.56. The summed E-state index contributed by atoms with van der Waals surface area (Å²) in [6.45, 7) is 7.39. The number of allylic oxidation sites excluding steroid dienone is 4. The van der Waals surface area contributed by atoms with Crippen molar-refractivity contribution in [3.63, 3.8) is 0 Å². The van der Waals surface area contributed by atoms with Crippen LogP contribution in [0.5, 0.6) is 0 Å². The molecule has 1 aromatic rings. The minimum absolute atomic E-state index is 0. The largest absolute Gasteiger partial charge is 0.398 e. The van der Waals surface area contributed by atoms with Crippen molar-refractivity contribution in [2.45, 2.75) is 27.7 Å². The molecule has 0 saturated heterocycles. The van der Waals surface area contributed by atoms with Gasteiger partial charge in [-0.25, -0.2) is 4.99 Å². The molecule has 1 aliphatic carbocycles. The number of aryl methyl sites for hydroxylation is 1. The molecule has 1 aliphatic rings. The molecule has 0 spiro atoms. The van der Waals surface area contributed by atoms with Gasteiger partial charge in [0.1, 0.15) is 0 Å². The normalized spacial score (nSPS) is 14.3. The molecule has 0 aliphatic heterocycles. The number of hydrogen-bond donors (Lipinski definition) is 2. The molecule has 5 heteroatoms. The van der Waals surface area contributed by atoms with Gasteiger partial charge in [0, 0.05) is 5.69 Å². The van der Waals surface area contributed by atoms with Crippen LogP contribution < -0.4 is 11.5 Å². The van der Waals surface area contributed by atoms with Crippen molar-refractivity contribution < 1.29 is 4.79 Å². The SMILES string of the molecule is CC1=CC(=Nc2cc(C)c(N)c(C)c2N)C=C(C)C1=O.Cl. The van der Waals surface area contributed by atoms with Crippen LogP contribution in [0.15, 0.2) is 34.4 Å². The zero-order valence-electron chi connectivity index (χ0n) is 12.7. The standard InChI is InChI=1S/C16H19N3O.ClH/c1-8-7-13(15(18)11(4)14(8)17)19-12-5-9(2)16(20)10(3)6-12;/h5-7H,17-18H2,1-4H3;1H. The first-order valence-electron chi connectivity index (χ1n) is 6.46. The molecule has 2 rings (SSSR count). The summed E-state index contributed by atoms with van der Waals surface area (Å²) in [4.78, 5) is 16.3. The number of aliphatic imine (C=N–C) groups is 1. The van der Waals surface area contributed by atoms with Crippen molar-refractivity contribution in [2.24, 2.45) is 4.99 Å². The van der Waals surface area contributed by atoms with E-state index in [9.17, 15) is 4.79 Å². The van der Waals surface area contributed by atoms with Crippen LogP contribution in [0.25, 0.3) is 0 Å². The summed E-state index contributed by atoms with van der Waals surface area (Å²) in [7, 11) is 0. The number of carbonyl (C=O) groups excluding carboxylic acids is 1. The molecule has 0 heterocycles. The molecular formula is C16H20ClN3O. The van der Waals surface area contributed by atoms with Crippen LogP contribution in [0, 0.1) is 13.8 Å². The molecule has 0 radical (unpaired) electrons. The smallest absolute Gasteiger partial charge is 0.184 e. The van der Waals surface area contributed by atoms with Gasteiger partial charge in [-0.2, -0.15) is 0 Å². The van der Waals surface area contributed by atoms with Crippen molar-refractivity contribution in [3.8, 4) is 0 Å². The lowest BCUT2D eigenvalue weighted by Gasteiger charge is -2.13. The van der Waals surface area contributed by atoms with Gasteiger partial charge in [0.2, 0.25) is 0 Å². The van der Waals surface area contributed by atoms with Crippen molar-refractivity contribution in [1.82, 2.24) is 0 Å². The molecule has 4 N–H and O–H groups in total. The van der Waals surface area contributed by atoms with Crippen LogP contribution in [0.2, 0.25) is 0 Å². The fourth-order valence-electron chi connectivity index (χ4n) is 2.22. The second-order valence-electron chi connectivity index (χ2n) is 5.19. The first-order valence-corrected chi connectivity index (χ1v) is 6.46. The Morgan fingerprint density at radius 3 is 2.00 bits per heavy atom. The van der Waals surface area contributed by atoms with Gasteiger partial charge in [-0.3, -0.25) is 4.79 Å². The minimum Gasteiger partial charge on any atom is -0.398 e. The van der Waals surface area contributed by atoms with Gasteiger partial charge in [0.15, 0.2) is 5.78 Å². The number of carbonyl (C=O) groups is 1. The summed E-state index contributed by atoms with van der Waals surface area (Å²) >= 11 is 0. The summed E-state index contributed by atoms with van der Waals surface area (Å²) in [6.07, 6.45) is 3.55. The molecule has 0 bridgehead atoms. The van der Waals surface area contributed by atoms with Gasteiger partial charge in [-0.15, -0.1) is 12.4 Å². The van der Waals surface area contributed by atoms with E-state index >= 15 is 0 Å². The topological polar surface area (TPSA) is 81.5 Å². The van der Waals surface area contributed by atoms with Crippen LogP contribution in [0.4, 0.5) is 17.1 Å². The van der Waals surface area contributed by atoms with E-state index in [1.807, 2.05) is 19.9 Å². The number of hydrogen-bond acceptors (Lipinski definition) is 4. The summed E-state index contributed by atoms with van der Waals surface area (Å²) in [5.41, 5.74) is 17.9. The fourth-order valence-corrected chi connectivity index (χ4v) is 2.22. The average molecular weight is 306 g/mol. The molecule has 0 amide bonds. The molecule has 0 saturated carbocycles. The Morgan fingerprint density at radius 2 is 1.48 bits per heavy atom. The molecule has 0 aromatic heterocycles. The quantitative estimate of drug-likeness (QED) is 0.616. The maximum Gasteiger partial charge on any atom is 0.184 e. The van der Waals surface area contributed by atoms with E-state index < -0.39 is 0 Å². The second kappa shape index (κ2) is 6.14. The molecule has 0 atom stereocenters. The number of anilines is 2. The predicted octanol–water partition coefficient (Wildman–Crippen LogP) is 3.44. The van der Waals surface area contributed by atoms with E-state index in [4.69, 9.17) is 11.5 Å². The molecule has 0 unspecified atom stereocenters. The number of nitrogen functional groups attached to an aromatic ring is 2. The molecular weight excluding hydrogens is 286 g/mol. The number of nitrogens with two attached hydrogens (primary N) is 2. The van der Waals surface area contributed by atoms with Crippen LogP contribution in [0.1, 0.15) is 25.0 Å². The number of ketones is 1. The number of halogens is 1. The maximum atomic E-state index is 11.7. The average Bonchev–Trinajstić information content (AvgIpc) is 2.39. The van der Waals surface area contributed by atoms with Crippen molar-refractivity contribution >= 4 is 41.0 Å². The number of benzene rings is 1. The summed E-state index contributed by atoms with van der Waals surface area (Å²) in [6, 6.07) is 1.87. The van der Waals surface area contributed by atoms with Gasteiger partial charge in [0.05, 0.1) is 17.1 Å². The first kappa shape index (κ1) is 17.0. The molecule has 1 aromatic carbocycles. The Bertz CT molecular complexity index is 676. The van der Waals surface area contributed by atoms with E-state index in [1.54, 1.807) is 26.0 Å². The Labute approximate surface area is 131 Å². The van der Waals surface area contributed by atoms with Gasteiger partial charge in [-0.05, 0) is 68.2 Å². The highest BCUT2D eigenvalue weighted by Gasteiger charge is 2.14. The van der Waals surface area contributed by atoms with Crippen LogP contribution in [0.3, 0.4) is 0 Å². The summed E-state index contributed by atoms with van der Waals surface area (Å²) in [5.74, 6) is 0.0570. The van der Waals surface area contributed by atoms with Crippen LogP contribution >= 0.6 is 12.4 Å². The number of rotatable bonds is 1. The first-order chi connectivity index (χ1) is 9.31. The van der Waals surface area contributed by atoms with Crippen molar-refractivity contribution in [1.29, 1.82) is 0 Å². The molecule has 21 heavy (non-hydrogen) atoms. The third-order valence-corrected chi connectivity index (χ3v) is 3.56. The third kappa shape index (κ3) is 3.16. The highest BCUT2D eigenvalue weighted by atomic mass is 35.5. The number of nitrogens with zero attached hydrogens (tertiary/aromatic N) is 1. The minimum atomic E-state index is 0. The van der Waals surface area contributed by atoms with E-state index in [2.05, 4.69) is 4.99 Å². The Balaban J connectivity index is 0.00000220. The van der Waals surface area contributed by atoms with Crippen molar-refractivity contribution in [3.05, 3.63) is 40.5 Å². The highest BCUT2D eigenvalue weighted by molar-refractivity contribution is 6.22. The number of Topliss-reactive ketones (excluding diaryl/α,β-unsaturated/α-hetero) is 1. The van der Waals surface area contributed by atoms with Crippen LogP contribution in [-0.4, -0.2) is 11.5 Å². The van der Waals surface area contributed by atoms with E-state index in [0.29, 0.717) is 28.2 Å². The Morgan fingerprint density at radius 1 is 0.952 bits per heavy atom. The lowest BCUT2D eigenvalue weighted by Crippen LogP contribution is -2.10. The lowest BCUT2D eigenvalue weighted by molar-refractivity contribution is -0.112. The Kier molecular flexibility index (Phi) is 4.97.